The summed E-state index contributed by atoms with van der Waals surface area (Å²) in [6, 6.07) is 7.73. The summed E-state index contributed by atoms with van der Waals surface area (Å²) in [6.07, 6.45) is 5.00. The van der Waals surface area contributed by atoms with Gasteiger partial charge in [0.2, 0.25) is 5.91 Å². The highest BCUT2D eigenvalue weighted by Gasteiger charge is 2.31. The molecule has 0 atom stereocenters. The van der Waals surface area contributed by atoms with Crippen LogP contribution in [0.4, 0.5) is 5.69 Å². The Morgan fingerprint density at radius 1 is 1.39 bits per heavy atom. The average Bonchev–Trinajstić information content (AvgIpc) is 2.33. The zero-order valence-electron chi connectivity index (χ0n) is 11.0. The van der Waals surface area contributed by atoms with Crippen molar-refractivity contribution in [1.29, 1.82) is 0 Å². The molecule has 2 rings (SSSR count). The molecule has 3 heteroatoms. The largest absolute Gasteiger partial charge is 0.399 e. The molecule has 1 aromatic carbocycles. The van der Waals surface area contributed by atoms with Crippen molar-refractivity contribution in [2.75, 3.05) is 12.3 Å². The Balaban J connectivity index is 1.73. The van der Waals surface area contributed by atoms with E-state index in [9.17, 15) is 4.79 Å². The third-order valence-corrected chi connectivity index (χ3v) is 3.95. The van der Waals surface area contributed by atoms with Gasteiger partial charge in [-0.25, -0.2) is 0 Å². The van der Waals surface area contributed by atoms with Gasteiger partial charge in [-0.15, -0.1) is 0 Å². The van der Waals surface area contributed by atoms with Gasteiger partial charge in [0.15, 0.2) is 0 Å². The van der Waals surface area contributed by atoms with Gasteiger partial charge in [0.05, 0.1) is 0 Å². The van der Waals surface area contributed by atoms with Gasteiger partial charge in [-0.05, 0) is 36.3 Å². The lowest BCUT2D eigenvalue weighted by molar-refractivity contribution is -0.121. The van der Waals surface area contributed by atoms with E-state index >= 15 is 0 Å². The van der Waals surface area contributed by atoms with Crippen LogP contribution in [0.2, 0.25) is 0 Å². The van der Waals surface area contributed by atoms with Crippen LogP contribution < -0.4 is 11.1 Å². The second kappa shape index (κ2) is 5.42. The van der Waals surface area contributed by atoms with Gasteiger partial charge < -0.3 is 11.1 Å². The number of hydrogen-bond donors (Lipinski definition) is 2. The van der Waals surface area contributed by atoms with Crippen LogP contribution in [0, 0.1) is 5.41 Å². The minimum atomic E-state index is 0.131. The van der Waals surface area contributed by atoms with Crippen molar-refractivity contribution in [3.8, 4) is 0 Å². The molecule has 3 nitrogen and oxygen atoms in total. The zero-order valence-corrected chi connectivity index (χ0v) is 11.0. The standard InChI is InChI=1S/C15H22N2O/c1-15(9-4-10-15)11-17-14(18)8-7-12-5-2-3-6-13(12)16/h2-3,5-6H,4,7-11,16H2,1H3,(H,17,18). The highest BCUT2D eigenvalue weighted by Crippen LogP contribution is 2.39. The molecule has 0 aromatic heterocycles. The quantitative estimate of drug-likeness (QED) is 0.784. The first-order valence-electron chi connectivity index (χ1n) is 6.69. The third kappa shape index (κ3) is 3.25. The lowest BCUT2D eigenvalue weighted by atomic mass is 9.70. The first-order valence-corrected chi connectivity index (χ1v) is 6.69. The van der Waals surface area contributed by atoms with Crippen molar-refractivity contribution in [1.82, 2.24) is 5.32 Å². The Labute approximate surface area is 109 Å². The number of nitrogens with one attached hydrogen (secondary N) is 1. The summed E-state index contributed by atoms with van der Waals surface area (Å²) in [7, 11) is 0. The van der Waals surface area contributed by atoms with E-state index in [0.717, 1.165) is 24.2 Å². The van der Waals surface area contributed by atoms with Crippen LogP contribution in [0.15, 0.2) is 24.3 Å². The predicted octanol–water partition coefficient (Wildman–Crippen LogP) is 2.51. The normalized spacial score (nSPS) is 16.9. The van der Waals surface area contributed by atoms with Gasteiger partial charge in [-0.1, -0.05) is 31.5 Å². The summed E-state index contributed by atoms with van der Waals surface area (Å²) in [6.45, 7) is 3.06. The number of rotatable bonds is 5. The van der Waals surface area contributed by atoms with Gasteiger partial charge in [0.25, 0.3) is 0 Å². The number of nitrogen functional groups attached to an aromatic ring is 1. The molecule has 98 valence electrons. The van der Waals surface area contributed by atoms with Crippen LogP contribution in [0.5, 0.6) is 0 Å². The Bertz CT molecular complexity index is 424. The molecule has 1 amide bonds. The van der Waals surface area contributed by atoms with Gasteiger partial charge >= 0.3 is 0 Å². The van der Waals surface area contributed by atoms with E-state index in [-0.39, 0.29) is 5.91 Å². The van der Waals surface area contributed by atoms with E-state index < -0.39 is 0 Å². The topological polar surface area (TPSA) is 55.1 Å². The second-order valence-corrected chi connectivity index (χ2v) is 5.64. The molecule has 0 heterocycles. The summed E-state index contributed by atoms with van der Waals surface area (Å²) in [5, 5.41) is 3.04. The van der Waals surface area contributed by atoms with E-state index in [0.29, 0.717) is 11.8 Å². The van der Waals surface area contributed by atoms with E-state index in [4.69, 9.17) is 5.73 Å². The van der Waals surface area contributed by atoms with Crippen LogP contribution in [0.1, 0.15) is 38.2 Å². The smallest absolute Gasteiger partial charge is 0.220 e. The van der Waals surface area contributed by atoms with Crippen LogP contribution in [0.3, 0.4) is 0 Å². The lowest BCUT2D eigenvalue weighted by Gasteiger charge is -2.38. The third-order valence-electron chi connectivity index (χ3n) is 3.95. The fraction of sp³-hybridized carbons (Fsp3) is 0.533. The molecule has 0 radical (unpaired) electrons. The maximum absolute atomic E-state index is 11.8. The highest BCUT2D eigenvalue weighted by atomic mass is 16.1. The molecule has 1 fully saturated rings. The number of para-hydroxylation sites is 1. The monoisotopic (exact) mass is 246 g/mol. The molecule has 1 aliphatic rings. The van der Waals surface area contributed by atoms with E-state index in [1.165, 1.54) is 19.3 Å². The number of aryl methyl sites for hydroxylation is 1. The van der Waals surface area contributed by atoms with E-state index in [1.54, 1.807) is 0 Å². The molecule has 0 aliphatic heterocycles. The molecular formula is C15H22N2O. The molecule has 0 bridgehead atoms. The van der Waals surface area contributed by atoms with Gasteiger partial charge in [0, 0.05) is 18.7 Å². The summed E-state index contributed by atoms with van der Waals surface area (Å²) in [4.78, 5) is 11.8. The highest BCUT2D eigenvalue weighted by molar-refractivity contribution is 5.76. The maximum atomic E-state index is 11.8. The van der Waals surface area contributed by atoms with Crippen molar-refractivity contribution >= 4 is 11.6 Å². The van der Waals surface area contributed by atoms with Gasteiger partial charge in [-0.3, -0.25) is 4.79 Å². The minimum Gasteiger partial charge on any atom is -0.399 e. The molecule has 3 N–H and O–H groups in total. The van der Waals surface area contributed by atoms with Gasteiger partial charge in [0.1, 0.15) is 0 Å². The molecule has 1 saturated carbocycles. The zero-order chi connectivity index (χ0) is 13.0. The summed E-state index contributed by atoms with van der Waals surface area (Å²) >= 11 is 0. The molecule has 0 spiro atoms. The number of nitrogens with two attached hydrogens (primary N) is 1. The Morgan fingerprint density at radius 3 is 2.72 bits per heavy atom. The average molecular weight is 246 g/mol. The summed E-state index contributed by atoms with van der Waals surface area (Å²) < 4.78 is 0. The first-order chi connectivity index (χ1) is 8.59. The molecule has 18 heavy (non-hydrogen) atoms. The minimum absolute atomic E-state index is 0.131. The van der Waals surface area contributed by atoms with Crippen molar-refractivity contribution < 1.29 is 4.79 Å². The fourth-order valence-electron chi connectivity index (χ4n) is 2.37. The summed E-state index contributed by atoms with van der Waals surface area (Å²) in [5.41, 5.74) is 8.03. The second-order valence-electron chi connectivity index (χ2n) is 5.64. The Morgan fingerprint density at radius 2 is 2.11 bits per heavy atom. The number of carbonyl (C=O) groups is 1. The number of carbonyl (C=O) groups excluding carboxylic acids is 1. The predicted molar refractivity (Wildman–Crippen MR) is 74.1 cm³/mol. The molecule has 0 saturated heterocycles. The first kappa shape index (κ1) is 12.9. The lowest BCUT2D eigenvalue weighted by Crippen LogP contribution is -2.40. The molecular weight excluding hydrogens is 224 g/mol. The van der Waals surface area contributed by atoms with Crippen LogP contribution in [0.25, 0.3) is 0 Å². The van der Waals surface area contributed by atoms with Crippen LogP contribution in [-0.2, 0) is 11.2 Å². The number of anilines is 1. The molecule has 1 aliphatic carbocycles. The van der Waals surface area contributed by atoms with Crippen molar-refractivity contribution in [2.45, 2.75) is 39.0 Å². The fourth-order valence-corrected chi connectivity index (χ4v) is 2.37. The number of amides is 1. The van der Waals surface area contributed by atoms with Crippen LogP contribution in [-0.4, -0.2) is 12.5 Å². The Kier molecular flexibility index (Phi) is 3.90. The molecule has 0 unspecified atom stereocenters. The van der Waals surface area contributed by atoms with Crippen LogP contribution >= 0.6 is 0 Å². The van der Waals surface area contributed by atoms with E-state index in [1.807, 2.05) is 24.3 Å². The van der Waals surface area contributed by atoms with Crippen molar-refractivity contribution in [2.24, 2.45) is 5.41 Å². The maximum Gasteiger partial charge on any atom is 0.220 e. The molecule has 1 aromatic rings. The van der Waals surface area contributed by atoms with Crippen molar-refractivity contribution in [3.63, 3.8) is 0 Å². The summed E-state index contributed by atoms with van der Waals surface area (Å²) in [5.74, 6) is 0.131. The van der Waals surface area contributed by atoms with E-state index in [2.05, 4.69) is 12.2 Å². The van der Waals surface area contributed by atoms with Gasteiger partial charge in [-0.2, -0.15) is 0 Å². The van der Waals surface area contributed by atoms with Crippen molar-refractivity contribution in [3.05, 3.63) is 29.8 Å². The number of hydrogen-bond acceptors (Lipinski definition) is 2. The SMILES string of the molecule is CC1(CNC(=O)CCc2ccccc2N)CCC1. The number of benzene rings is 1. The Hall–Kier alpha value is -1.51.